The van der Waals surface area contributed by atoms with E-state index in [1.807, 2.05) is 26.8 Å². The molecule has 6 heteroatoms. The first kappa shape index (κ1) is 22.0. The zero-order chi connectivity index (χ0) is 22.5. The van der Waals surface area contributed by atoms with Gasteiger partial charge in [0.25, 0.3) is 11.8 Å². The molecule has 0 aliphatic carbocycles. The molecule has 160 valence electrons. The summed E-state index contributed by atoms with van der Waals surface area (Å²) in [6.07, 6.45) is 0. The lowest BCUT2D eigenvalue weighted by atomic mass is 10.1. The third kappa shape index (κ3) is 4.91. The van der Waals surface area contributed by atoms with Gasteiger partial charge < -0.3 is 15.0 Å². The lowest BCUT2D eigenvalue weighted by Crippen LogP contribution is -2.37. The largest absolute Gasteiger partial charge is 0.494 e. The zero-order valence-electron chi connectivity index (χ0n) is 18.0. The highest BCUT2D eigenvalue weighted by Crippen LogP contribution is 2.27. The summed E-state index contributed by atoms with van der Waals surface area (Å²) in [4.78, 5) is 27.4. The number of nitrogens with zero attached hydrogens (tertiary/aromatic N) is 1. The Balaban J connectivity index is 1.91. The molecule has 0 spiro atoms. The predicted molar refractivity (Wildman–Crippen MR) is 120 cm³/mol. The van der Waals surface area contributed by atoms with Crippen molar-refractivity contribution in [1.29, 1.82) is 0 Å². The average molecular weight is 420 g/mol. The molecule has 0 aliphatic heterocycles. The molecule has 0 saturated heterocycles. The number of ether oxygens (including phenoxy) is 1. The van der Waals surface area contributed by atoms with Crippen LogP contribution in [0, 0.1) is 12.7 Å². The van der Waals surface area contributed by atoms with Gasteiger partial charge in [0.05, 0.1) is 7.11 Å². The quantitative estimate of drug-likeness (QED) is 0.577. The van der Waals surface area contributed by atoms with Gasteiger partial charge in [-0.1, -0.05) is 24.3 Å². The number of anilines is 2. The Bertz CT molecular complexity index is 1100. The van der Waals surface area contributed by atoms with Crippen LogP contribution in [0.15, 0.2) is 66.7 Å². The van der Waals surface area contributed by atoms with Crippen LogP contribution in [0.3, 0.4) is 0 Å². The van der Waals surface area contributed by atoms with E-state index in [4.69, 9.17) is 4.74 Å². The third-order valence-electron chi connectivity index (χ3n) is 4.92. The molecule has 3 aromatic carbocycles. The highest BCUT2D eigenvalue weighted by atomic mass is 19.1. The second-order valence-corrected chi connectivity index (χ2v) is 7.44. The van der Waals surface area contributed by atoms with Gasteiger partial charge in [-0.15, -0.1) is 0 Å². The minimum Gasteiger partial charge on any atom is -0.494 e. The van der Waals surface area contributed by atoms with E-state index in [1.165, 1.54) is 24.1 Å². The summed E-state index contributed by atoms with van der Waals surface area (Å²) >= 11 is 0. The maximum atomic E-state index is 14.3. The molecule has 2 amide bonds. The van der Waals surface area contributed by atoms with Gasteiger partial charge in [-0.3, -0.25) is 9.59 Å². The SMILES string of the molecule is COc1ccc(N(C(=O)c2ccc(C)c(NC(=O)c3ccccc3)c2)C(C)C)cc1F. The normalized spacial score (nSPS) is 10.6. The summed E-state index contributed by atoms with van der Waals surface area (Å²) in [6, 6.07) is 18.2. The molecule has 3 rings (SSSR count). The molecule has 31 heavy (non-hydrogen) atoms. The van der Waals surface area contributed by atoms with Crippen LogP contribution >= 0.6 is 0 Å². The highest BCUT2D eigenvalue weighted by molar-refractivity contribution is 6.09. The van der Waals surface area contributed by atoms with Crippen LogP contribution in [0.4, 0.5) is 15.8 Å². The Hall–Kier alpha value is -3.67. The van der Waals surface area contributed by atoms with Crippen molar-refractivity contribution < 1.29 is 18.7 Å². The molecular weight excluding hydrogens is 395 g/mol. The number of rotatable bonds is 6. The molecule has 0 bridgehead atoms. The number of halogens is 1. The van der Waals surface area contributed by atoms with Gasteiger partial charge in [-0.05, 0) is 62.7 Å². The molecule has 0 unspecified atom stereocenters. The van der Waals surface area contributed by atoms with Crippen molar-refractivity contribution in [1.82, 2.24) is 0 Å². The van der Waals surface area contributed by atoms with E-state index in [-0.39, 0.29) is 23.6 Å². The van der Waals surface area contributed by atoms with Crippen molar-refractivity contribution in [3.05, 3.63) is 89.2 Å². The van der Waals surface area contributed by atoms with Crippen LogP contribution in [0.25, 0.3) is 0 Å². The summed E-state index contributed by atoms with van der Waals surface area (Å²) < 4.78 is 19.2. The van der Waals surface area contributed by atoms with Crippen molar-refractivity contribution in [2.75, 3.05) is 17.3 Å². The average Bonchev–Trinajstić information content (AvgIpc) is 2.75. The summed E-state index contributed by atoms with van der Waals surface area (Å²) in [6.45, 7) is 5.56. The predicted octanol–water partition coefficient (Wildman–Crippen LogP) is 5.45. The number of amides is 2. The van der Waals surface area contributed by atoms with E-state index >= 15 is 0 Å². The molecule has 0 saturated carbocycles. The van der Waals surface area contributed by atoms with Crippen LogP contribution < -0.4 is 15.0 Å². The van der Waals surface area contributed by atoms with Gasteiger partial charge in [-0.25, -0.2) is 4.39 Å². The van der Waals surface area contributed by atoms with Crippen molar-refractivity contribution in [2.24, 2.45) is 0 Å². The van der Waals surface area contributed by atoms with Crippen molar-refractivity contribution in [2.45, 2.75) is 26.8 Å². The molecular formula is C25H25FN2O3. The Morgan fingerprint density at radius 2 is 1.68 bits per heavy atom. The molecule has 0 radical (unpaired) electrons. The zero-order valence-corrected chi connectivity index (χ0v) is 18.0. The number of hydrogen-bond donors (Lipinski definition) is 1. The first-order valence-electron chi connectivity index (χ1n) is 9.96. The van der Waals surface area contributed by atoms with Gasteiger partial charge in [0.2, 0.25) is 0 Å². The number of benzene rings is 3. The standard InChI is InChI=1S/C25H25FN2O3/c1-16(2)28(20-12-13-23(31-4)21(26)15-20)25(30)19-11-10-17(3)22(14-19)27-24(29)18-8-6-5-7-9-18/h5-16H,1-4H3,(H,27,29). The maximum absolute atomic E-state index is 14.3. The summed E-state index contributed by atoms with van der Waals surface area (Å²) in [7, 11) is 1.39. The third-order valence-corrected chi connectivity index (χ3v) is 4.92. The molecule has 0 aliphatic rings. The number of nitrogens with one attached hydrogen (secondary N) is 1. The minimum absolute atomic E-state index is 0.112. The fourth-order valence-corrected chi connectivity index (χ4v) is 3.27. The molecule has 0 fully saturated rings. The fraction of sp³-hybridized carbons (Fsp3) is 0.200. The topological polar surface area (TPSA) is 58.6 Å². The van der Waals surface area contributed by atoms with Crippen LogP contribution in [0.1, 0.15) is 40.1 Å². The number of hydrogen-bond acceptors (Lipinski definition) is 3. The van der Waals surface area contributed by atoms with Gasteiger partial charge in [-0.2, -0.15) is 0 Å². The Labute approximate surface area is 181 Å². The molecule has 0 aromatic heterocycles. The van der Waals surface area contributed by atoms with Crippen LogP contribution in [-0.4, -0.2) is 25.0 Å². The van der Waals surface area contributed by atoms with Gasteiger partial charge in [0, 0.05) is 34.6 Å². The lowest BCUT2D eigenvalue weighted by molar-refractivity contribution is 0.0978. The monoisotopic (exact) mass is 420 g/mol. The van der Waals surface area contributed by atoms with E-state index < -0.39 is 5.82 Å². The maximum Gasteiger partial charge on any atom is 0.258 e. The van der Waals surface area contributed by atoms with Gasteiger partial charge >= 0.3 is 0 Å². The number of carbonyl (C=O) groups is 2. The second-order valence-electron chi connectivity index (χ2n) is 7.44. The Morgan fingerprint density at radius 1 is 0.968 bits per heavy atom. The summed E-state index contributed by atoms with van der Waals surface area (Å²) in [5.74, 6) is -0.986. The van der Waals surface area contributed by atoms with Crippen LogP contribution in [0.5, 0.6) is 5.75 Å². The molecule has 0 atom stereocenters. The number of methoxy groups -OCH3 is 1. The Kier molecular flexibility index (Phi) is 6.70. The Morgan fingerprint density at radius 3 is 2.29 bits per heavy atom. The first-order valence-corrected chi connectivity index (χ1v) is 9.96. The number of aryl methyl sites for hydroxylation is 1. The summed E-state index contributed by atoms with van der Waals surface area (Å²) in [5.41, 5.74) is 2.71. The van der Waals surface area contributed by atoms with E-state index in [0.717, 1.165) is 5.56 Å². The molecule has 5 nitrogen and oxygen atoms in total. The summed E-state index contributed by atoms with van der Waals surface area (Å²) in [5, 5.41) is 2.87. The molecule has 3 aromatic rings. The van der Waals surface area contributed by atoms with Crippen LogP contribution in [0.2, 0.25) is 0 Å². The van der Waals surface area contributed by atoms with Crippen molar-refractivity contribution >= 4 is 23.2 Å². The van der Waals surface area contributed by atoms with Gasteiger partial charge in [0.15, 0.2) is 11.6 Å². The van der Waals surface area contributed by atoms with E-state index in [2.05, 4.69) is 5.32 Å². The smallest absolute Gasteiger partial charge is 0.258 e. The highest BCUT2D eigenvalue weighted by Gasteiger charge is 2.23. The first-order chi connectivity index (χ1) is 14.8. The second kappa shape index (κ2) is 9.43. The van der Waals surface area contributed by atoms with E-state index in [1.54, 1.807) is 48.5 Å². The fourth-order valence-electron chi connectivity index (χ4n) is 3.27. The van der Waals surface area contributed by atoms with Crippen molar-refractivity contribution in [3.8, 4) is 5.75 Å². The van der Waals surface area contributed by atoms with Crippen molar-refractivity contribution in [3.63, 3.8) is 0 Å². The van der Waals surface area contributed by atoms with E-state index in [9.17, 15) is 14.0 Å². The van der Waals surface area contributed by atoms with E-state index in [0.29, 0.717) is 22.5 Å². The molecule has 0 heterocycles. The lowest BCUT2D eigenvalue weighted by Gasteiger charge is -2.27. The molecule has 1 N–H and O–H groups in total. The van der Waals surface area contributed by atoms with Gasteiger partial charge in [0.1, 0.15) is 0 Å². The van der Waals surface area contributed by atoms with Crippen LogP contribution in [-0.2, 0) is 0 Å². The number of carbonyl (C=O) groups excluding carboxylic acids is 2. The minimum atomic E-state index is -0.543.